The van der Waals surface area contributed by atoms with Gasteiger partial charge in [0.1, 0.15) is 6.17 Å². The predicted octanol–water partition coefficient (Wildman–Crippen LogP) is 5.25. The Morgan fingerprint density at radius 2 is 1.72 bits per heavy atom. The van der Waals surface area contributed by atoms with Crippen molar-refractivity contribution < 1.29 is 37.7 Å². The number of carbonyl (C=O) groups excluding carboxylic acids is 3. The summed E-state index contributed by atoms with van der Waals surface area (Å²) in [7, 11) is 0. The summed E-state index contributed by atoms with van der Waals surface area (Å²) in [6, 6.07) is 0. The van der Waals surface area contributed by atoms with E-state index in [4.69, 9.17) is 21.1 Å². The maximum atomic E-state index is 15.8. The SMILES string of the molecule is CC1C[C@H]2[C@@H]3C[C@H](F)C4=CC(=O)C=C[C@]4(C)[C@@]3(Cl)[C@@H](O)C[C@]2(C)[C@@]1(OC(=O)C1C(C)(C)C1(C)C)C(=O)OCF. The molecule has 1 N–H and O–H groups in total. The largest absolute Gasteiger partial charge is 0.446 e. The molecule has 1 unspecified atom stereocenters. The molecule has 0 radical (unpaired) electrons. The van der Waals surface area contributed by atoms with E-state index in [9.17, 15) is 23.9 Å². The van der Waals surface area contributed by atoms with E-state index in [1.54, 1.807) is 26.8 Å². The molecule has 5 aliphatic rings. The Labute approximate surface area is 233 Å². The molecule has 5 aliphatic carbocycles. The topological polar surface area (TPSA) is 89.9 Å². The zero-order chi connectivity index (χ0) is 29.1. The van der Waals surface area contributed by atoms with Crippen LogP contribution in [0.4, 0.5) is 8.78 Å². The zero-order valence-electron chi connectivity index (χ0n) is 23.6. The number of aliphatic hydroxyl groups excluding tert-OH is 1. The standard InChI is InChI=1S/C30H39ClF2O6/c1-15-10-17-18-12-20(33)19-11-16(34)8-9-27(19,6)29(18,31)21(35)13-28(17,7)30(15,24(37)38-14-32)39-23(36)22-25(2,3)26(22,4)5/h8-9,11,15,17-18,20-22,35H,10,12-14H2,1-7H3/t15?,17-,18-,20-,21-,27-,28-,29-,30-/m0/s1. The quantitative estimate of drug-likeness (QED) is 0.368. The van der Waals surface area contributed by atoms with Crippen LogP contribution in [0.5, 0.6) is 0 Å². The van der Waals surface area contributed by atoms with E-state index in [2.05, 4.69) is 0 Å². The second-order valence-electron chi connectivity index (χ2n) is 14.1. The molecule has 9 heteroatoms. The van der Waals surface area contributed by atoms with Gasteiger partial charge in [-0.2, -0.15) is 0 Å². The highest BCUT2D eigenvalue weighted by Gasteiger charge is 2.79. The number of hydrogen-bond donors (Lipinski definition) is 1. The predicted molar refractivity (Wildman–Crippen MR) is 140 cm³/mol. The van der Waals surface area contributed by atoms with Crippen LogP contribution in [0.3, 0.4) is 0 Å². The van der Waals surface area contributed by atoms with Gasteiger partial charge in [0.15, 0.2) is 5.78 Å². The average molecular weight is 569 g/mol. The van der Waals surface area contributed by atoms with Gasteiger partial charge in [-0.1, -0.05) is 54.5 Å². The number of rotatable bonds is 4. The van der Waals surface area contributed by atoms with E-state index in [1.807, 2.05) is 27.7 Å². The molecule has 0 saturated heterocycles. The molecule has 9 atom stereocenters. The van der Waals surface area contributed by atoms with E-state index < -0.39 is 76.1 Å². The van der Waals surface area contributed by atoms with Crippen LogP contribution in [-0.2, 0) is 23.9 Å². The first-order chi connectivity index (χ1) is 17.9. The molecule has 0 bridgehead atoms. The molecule has 5 rings (SSSR count). The smallest absolute Gasteiger partial charge is 0.353 e. The number of halogens is 3. The van der Waals surface area contributed by atoms with Gasteiger partial charge in [0, 0.05) is 16.7 Å². The van der Waals surface area contributed by atoms with Gasteiger partial charge in [-0.15, -0.1) is 11.6 Å². The van der Waals surface area contributed by atoms with E-state index in [0.717, 1.165) is 0 Å². The first-order valence-electron chi connectivity index (χ1n) is 13.8. The summed E-state index contributed by atoms with van der Waals surface area (Å²) in [4.78, 5) is 38.1. The van der Waals surface area contributed by atoms with Crippen LogP contribution < -0.4 is 0 Å². The molecule has 4 saturated carbocycles. The normalized spacial score (nSPS) is 47.4. The van der Waals surface area contributed by atoms with Gasteiger partial charge >= 0.3 is 11.9 Å². The monoisotopic (exact) mass is 568 g/mol. The molecule has 4 fully saturated rings. The van der Waals surface area contributed by atoms with Crippen LogP contribution in [0, 0.1) is 45.3 Å². The Kier molecular flexibility index (Phi) is 6.16. The lowest BCUT2D eigenvalue weighted by molar-refractivity contribution is -0.220. The highest BCUT2D eigenvalue weighted by Crippen LogP contribution is 2.74. The molecule has 0 aromatic heterocycles. The van der Waals surface area contributed by atoms with Crippen molar-refractivity contribution in [2.75, 3.05) is 6.86 Å². The van der Waals surface area contributed by atoms with Gasteiger partial charge < -0.3 is 14.6 Å². The zero-order valence-corrected chi connectivity index (χ0v) is 24.4. The van der Waals surface area contributed by atoms with Gasteiger partial charge in [0.25, 0.3) is 0 Å². The van der Waals surface area contributed by atoms with Gasteiger partial charge in [0.05, 0.1) is 16.9 Å². The van der Waals surface area contributed by atoms with E-state index in [1.165, 1.54) is 12.2 Å². The third-order valence-corrected chi connectivity index (χ3v) is 13.1. The van der Waals surface area contributed by atoms with E-state index in [-0.39, 0.29) is 35.0 Å². The average Bonchev–Trinajstić information content (AvgIpc) is 3.14. The van der Waals surface area contributed by atoms with Crippen molar-refractivity contribution in [1.82, 2.24) is 0 Å². The second-order valence-corrected chi connectivity index (χ2v) is 14.7. The molecule has 0 aliphatic heterocycles. The lowest BCUT2D eigenvalue weighted by atomic mass is 9.45. The summed E-state index contributed by atoms with van der Waals surface area (Å²) in [5, 5.41) is 11.8. The number of hydrogen-bond acceptors (Lipinski definition) is 6. The second kappa shape index (κ2) is 8.37. The highest BCUT2D eigenvalue weighted by molar-refractivity contribution is 6.26. The minimum Gasteiger partial charge on any atom is -0.446 e. The van der Waals surface area contributed by atoms with Crippen LogP contribution in [0.2, 0.25) is 0 Å². The molecular formula is C30H39ClF2O6. The van der Waals surface area contributed by atoms with E-state index in [0.29, 0.717) is 6.42 Å². The molecule has 0 aromatic rings. The fourth-order valence-corrected chi connectivity index (χ4v) is 9.87. The number of fused-ring (bicyclic) bond motifs is 5. The van der Waals surface area contributed by atoms with Crippen LogP contribution in [0.15, 0.2) is 23.8 Å². The molecule has 39 heavy (non-hydrogen) atoms. The van der Waals surface area contributed by atoms with Gasteiger partial charge in [0.2, 0.25) is 12.5 Å². The molecule has 0 heterocycles. The van der Waals surface area contributed by atoms with Crippen molar-refractivity contribution in [3.8, 4) is 0 Å². The first-order valence-corrected chi connectivity index (χ1v) is 14.2. The van der Waals surface area contributed by atoms with Crippen molar-refractivity contribution in [3.05, 3.63) is 23.8 Å². The van der Waals surface area contributed by atoms with Crippen molar-refractivity contribution in [2.45, 2.75) is 90.5 Å². The van der Waals surface area contributed by atoms with Crippen LogP contribution >= 0.6 is 11.6 Å². The molecule has 0 spiro atoms. The fourth-order valence-electron chi connectivity index (χ4n) is 9.38. The summed E-state index contributed by atoms with van der Waals surface area (Å²) in [6.07, 6.45) is 1.66. The number of ketones is 1. The minimum atomic E-state index is -1.89. The number of alkyl halides is 3. The number of esters is 2. The fraction of sp³-hybridized carbons (Fsp3) is 0.767. The number of ether oxygens (including phenoxy) is 2. The molecular weight excluding hydrogens is 530 g/mol. The maximum Gasteiger partial charge on any atom is 0.353 e. The summed E-state index contributed by atoms with van der Waals surface area (Å²) in [6.45, 7) is 11.7. The lowest BCUT2D eigenvalue weighted by Crippen LogP contribution is -2.70. The van der Waals surface area contributed by atoms with Crippen molar-refractivity contribution >= 4 is 29.3 Å². The Morgan fingerprint density at radius 3 is 2.28 bits per heavy atom. The van der Waals surface area contributed by atoms with Crippen molar-refractivity contribution in [3.63, 3.8) is 0 Å². The first kappa shape index (κ1) is 28.7. The third-order valence-electron chi connectivity index (χ3n) is 12.2. The summed E-state index contributed by atoms with van der Waals surface area (Å²) >= 11 is 7.40. The Hall–Kier alpha value is -1.80. The number of allylic oxidation sites excluding steroid dienone is 4. The van der Waals surface area contributed by atoms with Crippen LogP contribution in [0.25, 0.3) is 0 Å². The van der Waals surface area contributed by atoms with Crippen molar-refractivity contribution in [2.24, 2.45) is 45.3 Å². The van der Waals surface area contributed by atoms with Crippen LogP contribution in [0.1, 0.15) is 67.7 Å². The number of carbonyl (C=O) groups is 3. The molecule has 0 aromatic carbocycles. The third kappa shape index (κ3) is 3.25. The molecule has 6 nitrogen and oxygen atoms in total. The maximum absolute atomic E-state index is 15.8. The van der Waals surface area contributed by atoms with Crippen LogP contribution in [-0.4, -0.2) is 52.4 Å². The minimum absolute atomic E-state index is 0.0598. The molecule has 216 valence electrons. The lowest BCUT2D eigenvalue weighted by Gasteiger charge is -2.64. The number of aliphatic hydroxyl groups is 1. The van der Waals surface area contributed by atoms with Crippen molar-refractivity contribution in [1.29, 1.82) is 0 Å². The van der Waals surface area contributed by atoms with E-state index >= 15 is 4.39 Å². The highest BCUT2D eigenvalue weighted by atomic mass is 35.5. The summed E-state index contributed by atoms with van der Waals surface area (Å²) in [5.74, 6) is -4.10. The summed E-state index contributed by atoms with van der Waals surface area (Å²) < 4.78 is 40.5. The molecule has 0 amide bonds. The van der Waals surface area contributed by atoms with Gasteiger partial charge in [-0.05, 0) is 59.7 Å². The Bertz CT molecular complexity index is 1180. The van der Waals surface area contributed by atoms with Gasteiger partial charge in [-0.25, -0.2) is 13.6 Å². The Morgan fingerprint density at radius 1 is 1.10 bits per heavy atom. The summed E-state index contributed by atoms with van der Waals surface area (Å²) in [5.41, 5.74) is -4.77. The van der Waals surface area contributed by atoms with Gasteiger partial charge in [-0.3, -0.25) is 9.59 Å². The Balaban J connectivity index is 1.61.